The van der Waals surface area contributed by atoms with Gasteiger partial charge in [0, 0.05) is 11.1 Å². The molecule has 0 radical (unpaired) electrons. The van der Waals surface area contributed by atoms with E-state index in [1.54, 1.807) is 32.4 Å². The summed E-state index contributed by atoms with van der Waals surface area (Å²) in [6.07, 6.45) is 3.15. The number of carbonyl (C=O) groups excluding carboxylic acids is 1. The first-order valence-electron chi connectivity index (χ1n) is 7.50. The van der Waals surface area contributed by atoms with Gasteiger partial charge in [-0.1, -0.05) is 29.8 Å². The number of benzene rings is 2. The number of methoxy groups -OCH3 is 2. The number of ether oxygens (including phenoxy) is 2. The third kappa shape index (κ3) is 4.52. The lowest BCUT2D eigenvalue weighted by Gasteiger charge is -2.13. The largest absolute Gasteiger partial charge is 0.496 e. The quantitative estimate of drug-likeness (QED) is 0.796. The molecule has 2 rings (SSSR count). The molecule has 126 valence electrons. The van der Waals surface area contributed by atoms with Crippen LogP contribution in [0.4, 0.5) is 0 Å². The van der Waals surface area contributed by atoms with Crippen LogP contribution in [0.5, 0.6) is 11.5 Å². The highest BCUT2D eigenvalue weighted by Crippen LogP contribution is 2.29. The standard InChI is InChI=1S/C19H20ClNO3/c1-13(14-7-9-15(20)10-8-14)21-19(22)12-11-16-17(23-2)5-4-6-18(16)24-3/h4-13H,1-3H3,(H,21,22)/b12-11+/t13-/m1/s1. The zero-order chi connectivity index (χ0) is 17.5. The number of amides is 1. The molecule has 0 aromatic heterocycles. The average Bonchev–Trinajstić information content (AvgIpc) is 2.59. The third-order valence-electron chi connectivity index (χ3n) is 3.60. The van der Waals surface area contributed by atoms with Gasteiger partial charge in [-0.05, 0) is 42.8 Å². The summed E-state index contributed by atoms with van der Waals surface area (Å²) in [6.45, 7) is 1.92. The second-order valence-corrected chi connectivity index (χ2v) is 5.63. The van der Waals surface area contributed by atoms with Crippen molar-refractivity contribution in [1.82, 2.24) is 5.32 Å². The minimum atomic E-state index is -0.203. The highest BCUT2D eigenvalue weighted by Gasteiger charge is 2.09. The van der Waals surface area contributed by atoms with E-state index in [-0.39, 0.29) is 11.9 Å². The van der Waals surface area contributed by atoms with Gasteiger partial charge in [0.15, 0.2) is 0 Å². The summed E-state index contributed by atoms with van der Waals surface area (Å²) in [5.41, 5.74) is 1.70. The van der Waals surface area contributed by atoms with E-state index in [9.17, 15) is 4.79 Å². The first-order valence-corrected chi connectivity index (χ1v) is 7.88. The van der Waals surface area contributed by atoms with Crippen molar-refractivity contribution >= 4 is 23.6 Å². The van der Waals surface area contributed by atoms with Crippen molar-refractivity contribution in [3.63, 3.8) is 0 Å². The van der Waals surface area contributed by atoms with Gasteiger partial charge in [-0.15, -0.1) is 0 Å². The van der Waals surface area contributed by atoms with Crippen LogP contribution in [0, 0.1) is 0 Å². The van der Waals surface area contributed by atoms with Crippen molar-refractivity contribution in [3.8, 4) is 11.5 Å². The molecular weight excluding hydrogens is 326 g/mol. The van der Waals surface area contributed by atoms with E-state index in [2.05, 4.69) is 5.32 Å². The molecule has 1 N–H and O–H groups in total. The Bertz CT molecular complexity index is 704. The maximum Gasteiger partial charge on any atom is 0.244 e. The number of rotatable bonds is 6. The molecule has 2 aromatic carbocycles. The van der Waals surface area contributed by atoms with Crippen molar-refractivity contribution in [1.29, 1.82) is 0 Å². The molecule has 0 bridgehead atoms. The van der Waals surface area contributed by atoms with E-state index in [0.717, 1.165) is 11.1 Å². The Kier molecular flexibility index (Phi) is 6.27. The first kappa shape index (κ1) is 17.9. The van der Waals surface area contributed by atoms with E-state index < -0.39 is 0 Å². The fourth-order valence-electron chi connectivity index (χ4n) is 2.30. The highest BCUT2D eigenvalue weighted by atomic mass is 35.5. The Labute approximate surface area is 147 Å². The molecule has 24 heavy (non-hydrogen) atoms. The topological polar surface area (TPSA) is 47.6 Å². The number of hydrogen-bond acceptors (Lipinski definition) is 3. The van der Waals surface area contributed by atoms with Crippen molar-refractivity contribution < 1.29 is 14.3 Å². The zero-order valence-electron chi connectivity index (χ0n) is 13.9. The van der Waals surface area contributed by atoms with Gasteiger partial charge in [0.25, 0.3) is 0 Å². The summed E-state index contributed by atoms with van der Waals surface area (Å²) < 4.78 is 10.6. The fourth-order valence-corrected chi connectivity index (χ4v) is 2.43. The third-order valence-corrected chi connectivity index (χ3v) is 3.85. The van der Waals surface area contributed by atoms with Crippen LogP contribution in [0.3, 0.4) is 0 Å². The van der Waals surface area contributed by atoms with Crippen LogP contribution in [0.2, 0.25) is 5.02 Å². The summed E-state index contributed by atoms with van der Waals surface area (Å²) in [7, 11) is 3.16. The van der Waals surface area contributed by atoms with Gasteiger partial charge in [-0.2, -0.15) is 0 Å². The van der Waals surface area contributed by atoms with E-state index in [1.807, 2.05) is 37.3 Å². The summed E-state index contributed by atoms with van der Waals surface area (Å²) in [6, 6.07) is 12.7. The van der Waals surface area contributed by atoms with Crippen LogP contribution < -0.4 is 14.8 Å². The van der Waals surface area contributed by atoms with Crippen LogP contribution in [0.25, 0.3) is 6.08 Å². The number of halogens is 1. The molecule has 0 unspecified atom stereocenters. The Morgan fingerprint density at radius 2 is 1.67 bits per heavy atom. The zero-order valence-corrected chi connectivity index (χ0v) is 14.6. The normalized spacial score (nSPS) is 12.0. The molecule has 0 aliphatic carbocycles. The lowest BCUT2D eigenvalue weighted by Crippen LogP contribution is -2.24. The predicted molar refractivity (Wildman–Crippen MR) is 96.6 cm³/mol. The van der Waals surface area contributed by atoms with Crippen LogP contribution in [-0.2, 0) is 4.79 Å². The fraction of sp³-hybridized carbons (Fsp3) is 0.211. The predicted octanol–water partition coefficient (Wildman–Crippen LogP) is 4.25. The second kappa shape index (κ2) is 8.41. The van der Waals surface area contributed by atoms with Gasteiger partial charge in [0.1, 0.15) is 11.5 Å². The minimum absolute atomic E-state index is 0.126. The molecule has 4 nitrogen and oxygen atoms in total. The van der Waals surface area contributed by atoms with Gasteiger partial charge < -0.3 is 14.8 Å². The smallest absolute Gasteiger partial charge is 0.244 e. The van der Waals surface area contributed by atoms with E-state index >= 15 is 0 Å². The Balaban J connectivity index is 2.09. The SMILES string of the molecule is COc1cccc(OC)c1/C=C/C(=O)N[C@H](C)c1ccc(Cl)cc1. The molecule has 0 spiro atoms. The monoisotopic (exact) mass is 345 g/mol. The summed E-state index contributed by atoms with van der Waals surface area (Å²) in [5.74, 6) is 1.08. The molecular formula is C19H20ClNO3. The maximum atomic E-state index is 12.2. The second-order valence-electron chi connectivity index (χ2n) is 5.19. The molecule has 1 amide bonds. The van der Waals surface area contributed by atoms with Gasteiger partial charge >= 0.3 is 0 Å². The number of nitrogens with one attached hydrogen (secondary N) is 1. The summed E-state index contributed by atoms with van der Waals surface area (Å²) in [4.78, 5) is 12.2. The van der Waals surface area contributed by atoms with E-state index in [0.29, 0.717) is 16.5 Å². The summed E-state index contributed by atoms with van der Waals surface area (Å²) in [5, 5.41) is 3.58. The van der Waals surface area contributed by atoms with Crippen LogP contribution in [0.15, 0.2) is 48.5 Å². The highest BCUT2D eigenvalue weighted by molar-refractivity contribution is 6.30. The Hall–Kier alpha value is -2.46. The van der Waals surface area contributed by atoms with Gasteiger partial charge in [0.2, 0.25) is 5.91 Å². The Morgan fingerprint density at radius 3 is 2.21 bits per heavy atom. The van der Waals surface area contributed by atoms with E-state index in [4.69, 9.17) is 21.1 Å². The molecule has 5 heteroatoms. The lowest BCUT2D eigenvalue weighted by molar-refractivity contribution is -0.117. The summed E-state index contributed by atoms with van der Waals surface area (Å²) >= 11 is 5.87. The van der Waals surface area contributed by atoms with Crippen LogP contribution >= 0.6 is 11.6 Å². The number of hydrogen-bond donors (Lipinski definition) is 1. The molecule has 0 fully saturated rings. The molecule has 0 aliphatic heterocycles. The van der Waals surface area contributed by atoms with Crippen LogP contribution in [-0.4, -0.2) is 20.1 Å². The van der Waals surface area contributed by atoms with E-state index in [1.165, 1.54) is 6.08 Å². The molecule has 2 aromatic rings. The maximum absolute atomic E-state index is 12.2. The minimum Gasteiger partial charge on any atom is -0.496 e. The molecule has 0 aliphatic rings. The molecule has 0 saturated carbocycles. The molecule has 0 saturated heterocycles. The van der Waals surface area contributed by atoms with Crippen molar-refractivity contribution in [2.45, 2.75) is 13.0 Å². The van der Waals surface area contributed by atoms with Crippen molar-refractivity contribution in [2.75, 3.05) is 14.2 Å². The van der Waals surface area contributed by atoms with Crippen LogP contribution in [0.1, 0.15) is 24.1 Å². The Morgan fingerprint density at radius 1 is 1.08 bits per heavy atom. The van der Waals surface area contributed by atoms with Gasteiger partial charge in [0.05, 0.1) is 25.8 Å². The van der Waals surface area contributed by atoms with Gasteiger partial charge in [-0.3, -0.25) is 4.79 Å². The molecule has 1 atom stereocenters. The van der Waals surface area contributed by atoms with Crippen molar-refractivity contribution in [3.05, 3.63) is 64.7 Å². The average molecular weight is 346 g/mol. The first-order chi connectivity index (χ1) is 11.5. The lowest BCUT2D eigenvalue weighted by atomic mass is 10.1. The van der Waals surface area contributed by atoms with Gasteiger partial charge in [-0.25, -0.2) is 0 Å². The van der Waals surface area contributed by atoms with Crippen molar-refractivity contribution in [2.24, 2.45) is 0 Å². The number of carbonyl (C=O) groups is 1. The molecule has 0 heterocycles.